The van der Waals surface area contributed by atoms with Crippen molar-refractivity contribution in [1.29, 1.82) is 0 Å². The molecule has 0 spiro atoms. The van der Waals surface area contributed by atoms with Crippen LogP contribution in [0.15, 0.2) is 48.7 Å². The lowest BCUT2D eigenvalue weighted by Crippen LogP contribution is -2.55. The van der Waals surface area contributed by atoms with Crippen molar-refractivity contribution in [1.82, 2.24) is 36.0 Å². The molecule has 0 unspecified atom stereocenters. The number of benzene rings is 1. The molecule has 3 aromatic heterocycles. The second-order valence-corrected chi connectivity index (χ2v) is 10.4. The molecule has 0 radical (unpaired) electrons. The highest BCUT2D eigenvalue weighted by molar-refractivity contribution is 5.90. The van der Waals surface area contributed by atoms with Crippen LogP contribution in [0.25, 0.3) is 22.4 Å². The summed E-state index contributed by atoms with van der Waals surface area (Å²) in [4.78, 5) is 17.8. The number of hydrogen-bond acceptors (Lipinski definition) is 10. The van der Waals surface area contributed by atoms with Crippen molar-refractivity contribution in [2.24, 2.45) is 5.92 Å². The van der Waals surface area contributed by atoms with Gasteiger partial charge in [-0.3, -0.25) is 15.6 Å². The molecule has 0 atom stereocenters. The molecule has 4 aromatic rings. The Morgan fingerprint density at radius 3 is 2.50 bits per heavy atom. The number of nitrogens with zero attached hydrogens (tertiary/aromatic N) is 5. The van der Waals surface area contributed by atoms with Crippen LogP contribution in [-0.4, -0.2) is 54.2 Å². The fourth-order valence-corrected chi connectivity index (χ4v) is 5.06. The van der Waals surface area contributed by atoms with Crippen LogP contribution in [0.3, 0.4) is 0 Å². The van der Waals surface area contributed by atoms with Crippen molar-refractivity contribution in [3.05, 3.63) is 65.6 Å². The number of anilines is 3. The van der Waals surface area contributed by atoms with Gasteiger partial charge in [-0.25, -0.2) is 20.4 Å². The number of pyridine rings is 2. The Morgan fingerprint density at radius 1 is 1.02 bits per heavy atom. The van der Waals surface area contributed by atoms with Gasteiger partial charge in [0.15, 0.2) is 11.5 Å². The standard InChI is InChI=1S/C29H34F3N9O/c1-17(2)14-42-15-24-39-26(37-18-8-10-20-23(13-18)41(35-5)16-28(20,33-3)34-4)19-9-11-22(38-27(19)40-24)25-21(29(30,31)32)7-6-12-36-25/h6-13,17,33-35H,14-16H2,1-5H3,(H,37,38,39,40). The number of fused-ring (bicyclic) bond motifs is 2. The summed E-state index contributed by atoms with van der Waals surface area (Å²) < 4.78 is 47.0. The minimum Gasteiger partial charge on any atom is -0.373 e. The molecule has 0 aliphatic carbocycles. The van der Waals surface area contributed by atoms with Gasteiger partial charge in [-0.05, 0) is 56.4 Å². The Labute approximate surface area is 242 Å². The number of halogens is 3. The molecule has 0 bridgehead atoms. The summed E-state index contributed by atoms with van der Waals surface area (Å²) in [7, 11) is 5.68. The highest BCUT2D eigenvalue weighted by Crippen LogP contribution is 2.39. The Hall–Kier alpha value is -3.91. The zero-order valence-electron chi connectivity index (χ0n) is 24.1. The number of hydrogen-bond donors (Lipinski definition) is 4. The summed E-state index contributed by atoms with van der Waals surface area (Å²) in [5.74, 6) is 1.12. The maximum atomic E-state index is 13.7. The number of alkyl halides is 3. The molecule has 0 saturated carbocycles. The van der Waals surface area contributed by atoms with E-state index in [1.165, 1.54) is 18.3 Å². The number of likely N-dealkylation sites (N-methyl/N-ethyl adjacent to an activating group) is 2. The van der Waals surface area contributed by atoms with Gasteiger partial charge in [0.05, 0.1) is 28.9 Å². The quantitative estimate of drug-likeness (QED) is 0.199. The molecule has 4 heterocycles. The Balaban J connectivity index is 1.57. The van der Waals surface area contributed by atoms with E-state index in [-0.39, 0.29) is 23.6 Å². The van der Waals surface area contributed by atoms with Gasteiger partial charge in [0, 0.05) is 31.1 Å². The van der Waals surface area contributed by atoms with E-state index in [0.717, 1.165) is 23.0 Å². The normalized spacial score (nSPS) is 14.5. The van der Waals surface area contributed by atoms with Crippen molar-refractivity contribution >= 4 is 28.2 Å². The van der Waals surface area contributed by atoms with Gasteiger partial charge in [0.1, 0.15) is 23.8 Å². The summed E-state index contributed by atoms with van der Waals surface area (Å²) in [6.07, 6.45) is -3.27. The molecular formula is C29H34F3N9O. The fraction of sp³-hybridized carbons (Fsp3) is 0.379. The highest BCUT2D eigenvalue weighted by atomic mass is 19.4. The van der Waals surface area contributed by atoms with Gasteiger partial charge < -0.3 is 15.1 Å². The zero-order chi connectivity index (χ0) is 30.1. The average Bonchev–Trinajstić information content (AvgIpc) is 3.29. The maximum Gasteiger partial charge on any atom is 0.418 e. The first-order chi connectivity index (χ1) is 20.1. The summed E-state index contributed by atoms with van der Waals surface area (Å²) in [5.41, 5.74) is 4.77. The van der Waals surface area contributed by atoms with Crippen molar-refractivity contribution < 1.29 is 17.9 Å². The predicted octanol–water partition coefficient (Wildman–Crippen LogP) is 4.57. The Kier molecular flexibility index (Phi) is 8.28. The second kappa shape index (κ2) is 11.8. The van der Waals surface area contributed by atoms with Crippen molar-refractivity contribution in [2.75, 3.05) is 44.6 Å². The van der Waals surface area contributed by atoms with Gasteiger partial charge in [-0.2, -0.15) is 13.2 Å². The third-order valence-electron chi connectivity index (χ3n) is 7.17. The largest absolute Gasteiger partial charge is 0.418 e. The van der Waals surface area contributed by atoms with Gasteiger partial charge in [-0.1, -0.05) is 19.9 Å². The third kappa shape index (κ3) is 5.73. The number of nitrogens with one attached hydrogen (secondary N) is 4. The lowest BCUT2D eigenvalue weighted by Gasteiger charge is -2.29. The van der Waals surface area contributed by atoms with Crippen molar-refractivity contribution in [2.45, 2.75) is 32.3 Å². The maximum absolute atomic E-state index is 13.7. The molecule has 10 nitrogen and oxygen atoms in total. The van der Waals surface area contributed by atoms with E-state index in [0.29, 0.717) is 36.1 Å². The molecule has 1 aliphatic heterocycles. The zero-order valence-corrected chi connectivity index (χ0v) is 24.1. The molecule has 0 saturated heterocycles. The van der Waals surface area contributed by atoms with E-state index < -0.39 is 17.4 Å². The van der Waals surface area contributed by atoms with Crippen LogP contribution in [0, 0.1) is 5.92 Å². The van der Waals surface area contributed by atoms with E-state index in [9.17, 15) is 13.2 Å². The average molecular weight is 582 g/mol. The van der Waals surface area contributed by atoms with Gasteiger partial charge in [0.2, 0.25) is 0 Å². The van der Waals surface area contributed by atoms with Gasteiger partial charge in [-0.15, -0.1) is 0 Å². The molecule has 1 aliphatic rings. The van der Waals surface area contributed by atoms with Crippen LogP contribution in [0.4, 0.5) is 30.4 Å². The highest BCUT2D eigenvalue weighted by Gasteiger charge is 2.40. The van der Waals surface area contributed by atoms with E-state index in [2.05, 4.69) is 36.3 Å². The lowest BCUT2D eigenvalue weighted by molar-refractivity contribution is -0.137. The Bertz CT molecular complexity index is 1570. The molecule has 42 heavy (non-hydrogen) atoms. The van der Waals surface area contributed by atoms with Crippen LogP contribution in [0.5, 0.6) is 0 Å². The first kappa shape index (κ1) is 29.6. The van der Waals surface area contributed by atoms with E-state index in [4.69, 9.17) is 9.72 Å². The van der Waals surface area contributed by atoms with Gasteiger partial charge >= 0.3 is 6.18 Å². The number of hydrazine groups is 1. The smallest absolute Gasteiger partial charge is 0.373 e. The molecule has 1 aromatic carbocycles. The minimum absolute atomic E-state index is 0.0618. The predicted molar refractivity (Wildman–Crippen MR) is 156 cm³/mol. The molecule has 0 fully saturated rings. The molecule has 4 N–H and O–H groups in total. The second-order valence-electron chi connectivity index (χ2n) is 10.4. The number of ether oxygens (including phenoxy) is 1. The van der Waals surface area contributed by atoms with Crippen LogP contribution in [-0.2, 0) is 23.2 Å². The third-order valence-corrected chi connectivity index (χ3v) is 7.17. The van der Waals surface area contributed by atoms with E-state index >= 15 is 0 Å². The number of aromatic nitrogens is 4. The summed E-state index contributed by atoms with van der Waals surface area (Å²) >= 11 is 0. The number of rotatable bonds is 10. The van der Waals surface area contributed by atoms with E-state index in [1.807, 2.05) is 58.2 Å². The van der Waals surface area contributed by atoms with Crippen molar-refractivity contribution in [3.8, 4) is 11.4 Å². The van der Waals surface area contributed by atoms with Crippen LogP contribution >= 0.6 is 0 Å². The van der Waals surface area contributed by atoms with E-state index in [1.54, 1.807) is 6.07 Å². The molecule has 13 heteroatoms. The topological polar surface area (TPSA) is 112 Å². The van der Waals surface area contributed by atoms with Crippen molar-refractivity contribution in [3.63, 3.8) is 0 Å². The summed E-state index contributed by atoms with van der Waals surface area (Å²) in [5, 5.41) is 12.7. The Morgan fingerprint density at radius 2 is 1.81 bits per heavy atom. The van der Waals surface area contributed by atoms with Gasteiger partial charge in [0.25, 0.3) is 0 Å². The fourth-order valence-electron chi connectivity index (χ4n) is 5.06. The monoisotopic (exact) mass is 581 g/mol. The SMILES string of the molecule is CNN1CC(NC)(NC)c2ccc(Nc3nc(COCC(C)C)nc4nc(-c5ncccc5C(F)(F)F)ccc34)cc21. The lowest BCUT2D eigenvalue weighted by atomic mass is 10.0. The first-order valence-electron chi connectivity index (χ1n) is 13.6. The first-order valence-corrected chi connectivity index (χ1v) is 13.6. The molecular weight excluding hydrogens is 547 g/mol. The molecule has 0 amide bonds. The molecule has 5 rings (SSSR count). The van der Waals surface area contributed by atoms with Crippen LogP contribution < -0.4 is 26.4 Å². The summed E-state index contributed by atoms with van der Waals surface area (Å²) in [6.45, 7) is 5.35. The molecule has 222 valence electrons. The minimum atomic E-state index is -4.58. The van der Waals surface area contributed by atoms with Crippen LogP contribution in [0.2, 0.25) is 0 Å². The summed E-state index contributed by atoms with van der Waals surface area (Å²) in [6, 6.07) is 11.4. The van der Waals surface area contributed by atoms with Crippen LogP contribution in [0.1, 0.15) is 30.8 Å².